The lowest BCUT2D eigenvalue weighted by atomic mass is 10.1. The molecule has 0 saturated carbocycles. The lowest BCUT2D eigenvalue weighted by Crippen LogP contribution is -2.44. The molecule has 5 nitrogen and oxygen atoms in total. The third-order valence-electron chi connectivity index (χ3n) is 2.18. The van der Waals surface area contributed by atoms with Crippen molar-refractivity contribution in [2.24, 2.45) is 16.8 Å². The van der Waals surface area contributed by atoms with Gasteiger partial charge in [0.1, 0.15) is 5.92 Å². The number of rotatable bonds is 7. The largest absolute Gasteiger partial charge is 0.409 e. The van der Waals surface area contributed by atoms with E-state index in [1.165, 1.54) is 11.9 Å². The average Bonchev–Trinajstić information content (AvgIpc) is 2.23. The third-order valence-corrected chi connectivity index (χ3v) is 2.18. The molecule has 0 rings (SSSR count). The molecule has 0 radical (unpaired) electrons. The van der Waals surface area contributed by atoms with E-state index >= 15 is 0 Å². The summed E-state index contributed by atoms with van der Waals surface area (Å²) in [6.07, 6.45) is -4.53. The molecule has 17 heavy (non-hydrogen) atoms. The van der Waals surface area contributed by atoms with Gasteiger partial charge in [0, 0.05) is 19.7 Å². The topological polar surface area (TPSA) is 71.1 Å². The molecular weight excluding hydrogens is 239 g/mol. The maximum atomic E-state index is 12.6. The zero-order valence-electron chi connectivity index (χ0n) is 9.87. The van der Waals surface area contributed by atoms with Gasteiger partial charge in [0.25, 0.3) is 0 Å². The van der Waals surface area contributed by atoms with Crippen molar-refractivity contribution >= 4 is 5.84 Å². The van der Waals surface area contributed by atoms with E-state index in [0.717, 1.165) is 0 Å². The van der Waals surface area contributed by atoms with E-state index in [-0.39, 0.29) is 6.54 Å². The SMILES string of the molecule is CCOCCN(C)CC(C(N)=NO)C(F)(F)F. The standard InChI is InChI=1S/C9H18F3N3O2/c1-3-17-5-4-15(2)6-7(8(13)14-16)9(10,11)12/h7,16H,3-6H2,1-2H3,(H2,13,14). The lowest BCUT2D eigenvalue weighted by molar-refractivity contribution is -0.159. The highest BCUT2D eigenvalue weighted by atomic mass is 19.4. The van der Waals surface area contributed by atoms with E-state index in [1.807, 2.05) is 0 Å². The maximum Gasteiger partial charge on any atom is 0.400 e. The van der Waals surface area contributed by atoms with Crippen LogP contribution in [0.1, 0.15) is 6.92 Å². The first-order valence-corrected chi connectivity index (χ1v) is 5.13. The summed E-state index contributed by atoms with van der Waals surface area (Å²) in [6, 6.07) is 0. The average molecular weight is 257 g/mol. The van der Waals surface area contributed by atoms with Gasteiger partial charge in [-0.1, -0.05) is 5.16 Å². The fourth-order valence-corrected chi connectivity index (χ4v) is 1.20. The van der Waals surface area contributed by atoms with E-state index in [0.29, 0.717) is 19.8 Å². The fraction of sp³-hybridized carbons (Fsp3) is 0.889. The molecule has 0 aliphatic carbocycles. The summed E-state index contributed by atoms with van der Waals surface area (Å²) in [5.41, 5.74) is 5.03. The molecule has 3 N–H and O–H groups in total. The number of nitrogens with zero attached hydrogens (tertiary/aromatic N) is 2. The Morgan fingerprint density at radius 1 is 1.53 bits per heavy atom. The van der Waals surface area contributed by atoms with Crippen molar-refractivity contribution in [2.45, 2.75) is 13.1 Å². The van der Waals surface area contributed by atoms with Crippen molar-refractivity contribution in [2.75, 3.05) is 33.4 Å². The number of nitrogens with two attached hydrogens (primary N) is 1. The van der Waals surface area contributed by atoms with Gasteiger partial charge in [0.05, 0.1) is 6.61 Å². The summed E-state index contributed by atoms with van der Waals surface area (Å²) in [5, 5.41) is 10.7. The van der Waals surface area contributed by atoms with Crippen molar-refractivity contribution in [3.05, 3.63) is 0 Å². The van der Waals surface area contributed by atoms with Gasteiger partial charge < -0.3 is 20.6 Å². The Bertz CT molecular complexity index is 246. The Hall–Kier alpha value is -1.02. The molecule has 0 bridgehead atoms. The Labute approximate surface area is 98.0 Å². The molecule has 0 amide bonds. The van der Waals surface area contributed by atoms with Crippen LogP contribution < -0.4 is 5.73 Å². The van der Waals surface area contributed by atoms with Gasteiger partial charge in [-0.3, -0.25) is 0 Å². The first-order valence-electron chi connectivity index (χ1n) is 5.13. The van der Waals surface area contributed by atoms with Crippen LogP contribution >= 0.6 is 0 Å². The minimum Gasteiger partial charge on any atom is -0.409 e. The van der Waals surface area contributed by atoms with Crippen LogP contribution in [0.2, 0.25) is 0 Å². The van der Waals surface area contributed by atoms with Crippen LogP contribution in [-0.4, -0.2) is 55.5 Å². The first-order chi connectivity index (χ1) is 7.82. The van der Waals surface area contributed by atoms with Crippen molar-refractivity contribution < 1.29 is 23.1 Å². The predicted octanol–water partition coefficient (Wildman–Crippen LogP) is 0.880. The Kier molecular flexibility index (Phi) is 6.89. The number of oxime groups is 1. The quantitative estimate of drug-likeness (QED) is 0.233. The molecule has 0 spiro atoms. The summed E-state index contributed by atoms with van der Waals surface area (Å²) in [6.45, 7) is 2.63. The highest BCUT2D eigenvalue weighted by Gasteiger charge is 2.43. The third kappa shape index (κ3) is 6.32. The van der Waals surface area contributed by atoms with Crippen molar-refractivity contribution in [1.82, 2.24) is 4.90 Å². The van der Waals surface area contributed by atoms with Gasteiger partial charge in [-0.05, 0) is 14.0 Å². The zero-order chi connectivity index (χ0) is 13.5. The highest BCUT2D eigenvalue weighted by molar-refractivity contribution is 5.83. The van der Waals surface area contributed by atoms with Crippen LogP contribution in [0.25, 0.3) is 0 Å². The van der Waals surface area contributed by atoms with Gasteiger partial charge >= 0.3 is 6.18 Å². The van der Waals surface area contributed by atoms with Crippen molar-refractivity contribution in [1.29, 1.82) is 0 Å². The van der Waals surface area contributed by atoms with Crippen LogP contribution in [0.4, 0.5) is 13.2 Å². The Morgan fingerprint density at radius 2 is 2.12 bits per heavy atom. The predicted molar refractivity (Wildman–Crippen MR) is 56.9 cm³/mol. The van der Waals surface area contributed by atoms with Crippen molar-refractivity contribution in [3.63, 3.8) is 0 Å². The van der Waals surface area contributed by atoms with Gasteiger partial charge in [0.2, 0.25) is 0 Å². The molecule has 0 fully saturated rings. The zero-order valence-corrected chi connectivity index (χ0v) is 9.87. The van der Waals surface area contributed by atoms with Crippen LogP contribution in [-0.2, 0) is 4.74 Å². The second kappa shape index (κ2) is 7.33. The van der Waals surface area contributed by atoms with E-state index in [2.05, 4.69) is 5.16 Å². The molecule has 0 saturated heterocycles. The van der Waals surface area contributed by atoms with Crippen LogP contribution in [0.3, 0.4) is 0 Å². The van der Waals surface area contributed by atoms with Crippen LogP contribution in [0.5, 0.6) is 0 Å². The number of ether oxygens (including phenoxy) is 1. The summed E-state index contributed by atoms with van der Waals surface area (Å²) in [5.74, 6) is -2.81. The number of halogens is 3. The molecule has 0 aromatic carbocycles. The molecule has 0 heterocycles. The fourth-order valence-electron chi connectivity index (χ4n) is 1.20. The molecule has 0 aromatic heterocycles. The normalized spacial score (nSPS) is 15.3. The first kappa shape index (κ1) is 16.0. The van der Waals surface area contributed by atoms with Crippen LogP contribution in [0.15, 0.2) is 5.16 Å². The van der Waals surface area contributed by atoms with Gasteiger partial charge in [-0.15, -0.1) is 0 Å². The minimum atomic E-state index is -4.53. The number of hydrogen-bond donors (Lipinski definition) is 2. The number of hydrogen-bond acceptors (Lipinski definition) is 4. The van der Waals surface area contributed by atoms with E-state index in [4.69, 9.17) is 15.7 Å². The number of alkyl halides is 3. The second-order valence-electron chi connectivity index (χ2n) is 3.58. The van der Waals surface area contributed by atoms with E-state index in [9.17, 15) is 13.2 Å². The molecule has 102 valence electrons. The van der Waals surface area contributed by atoms with E-state index < -0.39 is 17.9 Å². The highest BCUT2D eigenvalue weighted by Crippen LogP contribution is 2.26. The Morgan fingerprint density at radius 3 is 2.53 bits per heavy atom. The minimum absolute atomic E-state index is 0.341. The molecule has 1 unspecified atom stereocenters. The smallest absolute Gasteiger partial charge is 0.400 e. The molecule has 1 atom stereocenters. The summed E-state index contributed by atoms with van der Waals surface area (Å²) < 4.78 is 42.8. The maximum absolute atomic E-state index is 12.6. The van der Waals surface area contributed by atoms with Crippen LogP contribution in [0, 0.1) is 5.92 Å². The van der Waals surface area contributed by atoms with E-state index in [1.54, 1.807) is 6.92 Å². The molecule has 0 aliphatic heterocycles. The van der Waals surface area contributed by atoms with Gasteiger partial charge in [-0.2, -0.15) is 13.2 Å². The van der Waals surface area contributed by atoms with Gasteiger partial charge in [-0.25, -0.2) is 0 Å². The Balaban J connectivity index is 4.35. The molecule has 0 aliphatic rings. The van der Waals surface area contributed by atoms with Gasteiger partial charge in [0.15, 0.2) is 5.84 Å². The lowest BCUT2D eigenvalue weighted by Gasteiger charge is -2.24. The number of amidine groups is 1. The second-order valence-corrected chi connectivity index (χ2v) is 3.58. The monoisotopic (exact) mass is 257 g/mol. The number of likely N-dealkylation sites (N-methyl/N-ethyl adjacent to an activating group) is 1. The molecular formula is C9H18F3N3O2. The molecule has 8 heteroatoms. The summed E-state index contributed by atoms with van der Waals surface area (Å²) >= 11 is 0. The summed E-state index contributed by atoms with van der Waals surface area (Å²) in [7, 11) is 1.52. The van der Waals surface area contributed by atoms with Crippen molar-refractivity contribution in [3.8, 4) is 0 Å². The summed E-state index contributed by atoms with van der Waals surface area (Å²) in [4.78, 5) is 1.42. The molecule has 0 aromatic rings.